The number of para-hydroxylation sites is 1. The van der Waals surface area contributed by atoms with E-state index in [-0.39, 0.29) is 5.91 Å². The average Bonchev–Trinajstić information content (AvgIpc) is 2.62. The van der Waals surface area contributed by atoms with Crippen LogP contribution < -0.4 is 10.1 Å². The molecule has 0 aromatic heterocycles. The highest BCUT2D eigenvalue weighted by atomic mass is 16.5. The summed E-state index contributed by atoms with van der Waals surface area (Å²) < 4.78 is 5.65. The second-order valence-electron chi connectivity index (χ2n) is 5.72. The molecule has 1 aliphatic heterocycles. The SMILES string of the molecule is CC[C@H](CNC(=O)C1=Cc2ccccc2OC1)c1ccccc1. The van der Waals surface area contributed by atoms with E-state index in [1.165, 1.54) is 5.56 Å². The summed E-state index contributed by atoms with van der Waals surface area (Å²) in [4.78, 5) is 12.4. The van der Waals surface area contributed by atoms with Gasteiger partial charge in [-0.25, -0.2) is 0 Å². The molecule has 2 aromatic carbocycles. The largest absolute Gasteiger partial charge is 0.488 e. The summed E-state index contributed by atoms with van der Waals surface area (Å²) >= 11 is 0. The van der Waals surface area contributed by atoms with Crippen molar-refractivity contribution in [3.63, 3.8) is 0 Å². The Bertz CT molecular complexity index is 707. The van der Waals surface area contributed by atoms with Gasteiger partial charge in [-0.2, -0.15) is 0 Å². The summed E-state index contributed by atoms with van der Waals surface area (Å²) in [6, 6.07) is 18.1. The van der Waals surface area contributed by atoms with Crippen molar-refractivity contribution >= 4 is 12.0 Å². The van der Waals surface area contributed by atoms with Crippen LogP contribution in [-0.4, -0.2) is 19.1 Å². The lowest BCUT2D eigenvalue weighted by atomic mass is 9.96. The van der Waals surface area contributed by atoms with Crippen LogP contribution in [0, 0.1) is 0 Å². The van der Waals surface area contributed by atoms with Gasteiger partial charge in [0.05, 0.1) is 5.57 Å². The second kappa shape index (κ2) is 7.14. The van der Waals surface area contributed by atoms with Crippen LogP contribution in [0.25, 0.3) is 6.08 Å². The normalized spacial score (nSPS) is 14.2. The molecule has 2 aromatic rings. The van der Waals surface area contributed by atoms with Gasteiger partial charge < -0.3 is 10.1 Å². The predicted molar refractivity (Wildman–Crippen MR) is 92.4 cm³/mol. The smallest absolute Gasteiger partial charge is 0.250 e. The highest BCUT2D eigenvalue weighted by Crippen LogP contribution is 2.26. The fourth-order valence-corrected chi connectivity index (χ4v) is 2.80. The lowest BCUT2D eigenvalue weighted by molar-refractivity contribution is -0.117. The zero-order chi connectivity index (χ0) is 16.1. The van der Waals surface area contributed by atoms with Gasteiger partial charge in [-0.15, -0.1) is 0 Å². The number of carbonyl (C=O) groups is 1. The Hall–Kier alpha value is -2.55. The number of hydrogen-bond donors (Lipinski definition) is 1. The molecule has 3 heteroatoms. The molecular weight excluding hydrogens is 286 g/mol. The maximum atomic E-state index is 12.4. The molecule has 1 aliphatic rings. The monoisotopic (exact) mass is 307 g/mol. The third kappa shape index (κ3) is 3.62. The van der Waals surface area contributed by atoms with Crippen molar-refractivity contribution in [3.05, 3.63) is 71.3 Å². The fraction of sp³-hybridized carbons (Fsp3) is 0.250. The van der Waals surface area contributed by atoms with Crippen LogP contribution in [0.15, 0.2) is 60.2 Å². The van der Waals surface area contributed by atoms with E-state index < -0.39 is 0 Å². The Kier molecular flexibility index (Phi) is 4.77. The minimum atomic E-state index is -0.0473. The molecule has 1 atom stereocenters. The van der Waals surface area contributed by atoms with Crippen molar-refractivity contribution in [3.8, 4) is 5.75 Å². The van der Waals surface area contributed by atoms with Gasteiger partial charge in [0.25, 0.3) is 5.91 Å². The van der Waals surface area contributed by atoms with Crippen molar-refractivity contribution < 1.29 is 9.53 Å². The molecule has 1 amide bonds. The summed E-state index contributed by atoms with van der Waals surface area (Å²) in [5.74, 6) is 1.12. The van der Waals surface area contributed by atoms with E-state index in [1.807, 2.05) is 48.5 Å². The van der Waals surface area contributed by atoms with E-state index in [0.29, 0.717) is 24.6 Å². The Morgan fingerprint density at radius 1 is 1.13 bits per heavy atom. The van der Waals surface area contributed by atoms with Gasteiger partial charge in [0.15, 0.2) is 0 Å². The first kappa shape index (κ1) is 15.3. The van der Waals surface area contributed by atoms with Gasteiger partial charge in [-0.05, 0) is 24.1 Å². The van der Waals surface area contributed by atoms with E-state index in [2.05, 4.69) is 24.4 Å². The van der Waals surface area contributed by atoms with E-state index in [1.54, 1.807) is 0 Å². The highest BCUT2D eigenvalue weighted by molar-refractivity contribution is 5.99. The van der Waals surface area contributed by atoms with Crippen LogP contribution in [-0.2, 0) is 4.79 Å². The van der Waals surface area contributed by atoms with Crippen molar-refractivity contribution in [2.75, 3.05) is 13.2 Å². The number of nitrogens with one attached hydrogen (secondary N) is 1. The van der Waals surface area contributed by atoms with Crippen molar-refractivity contribution in [1.29, 1.82) is 0 Å². The maximum absolute atomic E-state index is 12.4. The summed E-state index contributed by atoms with van der Waals surface area (Å²) in [7, 11) is 0. The third-order valence-corrected chi connectivity index (χ3v) is 4.20. The first-order valence-corrected chi connectivity index (χ1v) is 8.03. The van der Waals surface area contributed by atoms with Crippen molar-refractivity contribution in [2.45, 2.75) is 19.3 Å². The molecule has 0 unspecified atom stereocenters. The molecule has 0 fully saturated rings. The molecular formula is C20H21NO2. The molecule has 118 valence electrons. The van der Waals surface area contributed by atoms with Crippen LogP contribution in [0.4, 0.5) is 0 Å². The van der Waals surface area contributed by atoms with Gasteiger partial charge in [0, 0.05) is 18.0 Å². The molecule has 1 N–H and O–H groups in total. The van der Waals surface area contributed by atoms with Crippen LogP contribution in [0.3, 0.4) is 0 Å². The quantitative estimate of drug-likeness (QED) is 0.913. The van der Waals surface area contributed by atoms with Gasteiger partial charge >= 0.3 is 0 Å². The van der Waals surface area contributed by atoms with Gasteiger partial charge in [-0.1, -0.05) is 55.5 Å². The number of fused-ring (bicyclic) bond motifs is 1. The zero-order valence-electron chi connectivity index (χ0n) is 13.3. The molecule has 1 heterocycles. The van der Waals surface area contributed by atoms with E-state index in [4.69, 9.17) is 4.74 Å². The Balaban J connectivity index is 1.65. The summed E-state index contributed by atoms with van der Waals surface area (Å²) in [5, 5.41) is 3.05. The van der Waals surface area contributed by atoms with E-state index in [9.17, 15) is 4.79 Å². The molecule has 0 spiro atoms. The number of rotatable bonds is 5. The summed E-state index contributed by atoms with van der Waals surface area (Å²) in [6.07, 6.45) is 2.90. The third-order valence-electron chi connectivity index (χ3n) is 4.20. The standard InChI is InChI=1S/C20H21NO2/c1-2-15(16-8-4-3-5-9-16)13-21-20(22)18-12-17-10-6-7-11-19(17)23-14-18/h3-12,15H,2,13-14H2,1H3,(H,21,22)/t15-/m1/s1. The second-order valence-corrected chi connectivity index (χ2v) is 5.72. The topological polar surface area (TPSA) is 38.3 Å². The lowest BCUT2D eigenvalue weighted by Gasteiger charge is -2.20. The Morgan fingerprint density at radius 3 is 2.65 bits per heavy atom. The molecule has 0 aliphatic carbocycles. The number of carbonyl (C=O) groups excluding carboxylic acids is 1. The van der Waals surface area contributed by atoms with E-state index in [0.717, 1.165) is 17.7 Å². The summed E-state index contributed by atoms with van der Waals surface area (Å²) in [5.41, 5.74) is 2.89. The molecule has 0 saturated heterocycles. The number of benzene rings is 2. The van der Waals surface area contributed by atoms with Crippen molar-refractivity contribution in [1.82, 2.24) is 5.32 Å². The van der Waals surface area contributed by atoms with Gasteiger partial charge in [0.2, 0.25) is 0 Å². The number of ether oxygens (including phenoxy) is 1. The van der Waals surface area contributed by atoms with Crippen molar-refractivity contribution in [2.24, 2.45) is 0 Å². The molecule has 0 saturated carbocycles. The number of amides is 1. The molecule has 3 rings (SSSR count). The van der Waals surface area contributed by atoms with Crippen LogP contribution in [0.2, 0.25) is 0 Å². The molecule has 0 radical (unpaired) electrons. The number of hydrogen-bond acceptors (Lipinski definition) is 2. The molecule has 3 nitrogen and oxygen atoms in total. The van der Waals surface area contributed by atoms with Crippen LogP contribution in [0.5, 0.6) is 5.75 Å². The van der Waals surface area contributed by atoms with Crippen LogP contribution in [0.1, 0.15) is 30.4 Å². The molecule has 23 heavy (non-hydrogen) atoms. The van der Waals surface area contributed by atoms with Gasteiger partial charge in [-0.3, -0.25) is 4.79 Å². The minimum absolute atomic E-state index is 0.0473. The zero-order valence-corrected chi connectivity index (χ0v) is 13.3. The minimum Gasteiger partial charge on any atom is -0.488 e. The maximum Gasteiger partial charge on any atom is 0.250 e. The average molecular weight is 307 g/mol. The van der Waals surface area contributed by atoms with Crippen LogP contribution >= 0.6 is 0 Å². The Morgan fingerprint density at radius 2 is 1.87 bits per heavy atom. The first-order chi connectivity index (χ1) is 11.3. The lowest BCUT2D eigenvalue weighted by Crippen LogP contribution is -2.32. The Labute approximate surface area is 137 Å². The molecule has 0 bridgehead atoms. The summed E-state index contributed by atoms with van der Waals surface area (Å²) in [6.45, 7) is 3.10. The van der Waals surface area contributed by atoms with Gasteiger partial charge in [0.1, 0.15) is 12.4 Å². The highest BCUT2D eigenvalue weighted by Gasteiger charge is 2.18. The fourth-order valence-electron chi connectivity index (χ4n) is 2.80. The predicted octanol–water partition coefficient (Wildman–Crippen LogP) is 3.77. The first-order valence-electron chi connectivity index (χ1n) is 8.03. The van der Waals surface area contributed by atoms with E-state index >= 15 is 0 Å².